The smallest absolute Gasteiger partial charge is 0.193 e. The van der Waals surface area contributed by atoms with Crippen molar-refractivity contribution in [2.45, 2.75) is 6.43 Å². The highest BCUT2D eigenvalue weighted by Gasteiger charge is 2.24. The minimum Gasteiger partial charge on any atom is -0.193 e. The largest absolute Gasteiger partial charge is 0.559 e. The highest BCUT2D eigenvalue weighted by Crippen LogP contribution is 2.13. The molecule has 0 atom stereocenters. The molecule has 0 aliphatic heterocycles. The molecule has 1 rings (SSSR count). The highest BCUT2D eigenvalue weighted by atomic mass is 19.5. The van der Waals surface area contributed by atoms with Gasteiger partial charge in [-0.05, 0) is 10.4 Å². The molecule has 0 bridgehead atoms. The lowest BCUT2D eigenvalue weighted by Gasteiger charge is -1.82. The van der Waals surface area contributed by atoms with Crippen LogP contribution in [0.15, 0.2) is 24.3 Å². The van der Waals surface area contributed by atoms with Crippen LogP contribution in [0, 0.1) is 11.3 Å². The van der Waals surface area contributed by atoms with Crippen LogP contribution in [0.4, 0.5) is 17.6 Å². The van der Waals surface area contributed by atoms with Crippen LogP contribution in [0.5, 0.6) is 0 Å². The van der Waals surface area contributed by atoms with Crippen LogP contribution in [0.1, 0.15) is 0 Å². The summed E-state index contributed by atoms with van der Waals surface area (Å²) in [5, 5.41) is 10.2. The topological polar surface area (TPSA) is 23.8 Å². The van der Waals surface area contributed by atoms with E-state index in [2.05, 4.69) is 6.58 Å². The molecule has 0 aliphatic rings. The van der Waals surface area contributed by atoms with E-state index in [1.54, 1.807) is 0 Å². The molecule has 0 unspecified atom stereocenters. The Bertz CT molecular complexity index is 412. The quantitative estimate of drug-likeness (QED) is 0.608. The van der Waals surface area contributed by atoms with Crippen molar-refractivity contribution in [2.24, 2.45) is 0 Å². The summed E-state index contributed by atoms with van der Waals surface area (Å²) in [5.41, 5.74) is 0. The fourth-order valence-electron chi connectivity index (χ4n) is 0.688. The molecule has 1 aromatic carbocycles. The molecule has 0 heterocycles. The van der Waals surface area contributed by atoms with Crippen LogP contribution in [-0.2, 0) is 0 Å². The summed E-state index contributed by atoms with van der Waals surface area (Å²) >= 11 is 0. The van der Waals surface area contributed by atoms with Crippen molar-refractivity contribution in [1.82, 2.24) is 0 Å². The Morgan fingerprint density at radius 3 is 1.87 bits per heavy atom. The van der Waals surface area contributed by atoms with Gasteiger partial charge in [0.25, 0.3) is 0 Å². The summed E-state index contributed by atoms with van der Waals surface area (Å²) in [6, 6.07) is 9.45. The van der Waals surface area contributed by atoms with Crippen LogP contribution < -0.4 is 10.4 Å². The van der Waals surface area contributed by atoms with E-state index in [4.69, 9.17) is 5.26 Å². The zero-order valence-electron chi connectivity index (χ0n) is 7.55. The minimum atomic E-state index is -5.50. The Kier molecular flexibility index (Phi) is 5.10. The number of halogens is 4. The Balaban J connectivity index is 0.000000336. The van der Waals surface area contributed by atoms with Gasteiger partial charge in [-0.15, -0.1) is 17.6 Å². The molecular weight excluding hydrogens is 210 g/mol. The van der Waals surface area contributed by atoms with Crippen LogP contribution in [0.25, 0.3) is 12.7 Å². The third-order valence-corrected chi connectivity index (χ3v) is 1.21. The maximum atomic E-state index is 9.69. The van der Waals surface area contributed by atoms with Crippen molar-refractivity contribution in [3.8, 4) is 6.07 Å². The van der Waals surface area contributed by atoms with Crippen LogP contribution in [-0.4, -0.2) is 6.43 Å². The molecular formula is C10H7F4N. The molecule has 0 aliphatic carbocycles. The first-order valence-electron chi connectivity index (χ1n) is 3.73. The van der Waals surface area contributed by atoms with Gasteiger partial charge in [-0.25, -0.2) is 0 Å². The molecule has 0 aromatic heterocycles. The van der Waals surface area contributed by atoms with E-state index in [0.29, 0.717) is 0 Å². The zero-order chi connectivity index (χ0) is 11.9. The van der Waals surface area contributed by atoms with Crippen LogP contribution >= 0.6 is 0 Å². The summed E-state index contributed by atoms with van der Waals surface area (Å²) < 4.78 is 38.8. The van der Waals surface area contributed by atoms with Gasteiger partial charge in [-0.1, -0.05) is 30.8 Å². The third-order valence-electron chi connectivity index (χ3n) is 1.21. The second kappa shape index (κ2) is 5.81. The number of benzene rings is 1. The lowest BCUT2D eigenvalue weighted by Crippen LogP contribution is -2.04. The fraction of sp³-hybridized carbons (Fsp3) is 0.100. The minimum absolute atomic E-state index is 0.926. The van der Waals surface area contributed by atoms with Crippen molar-refractivity contribution in [3.63, 3.8) is 0 Å². The van der Waals surface area contributed by atoms with Gasteiger partial charge in [0.05, 0.1) is 6.07 Å². The van der Waals surface area contributed by atoms with Gasteiger partial charge in [0.2, 0.25) is 0 Å². The molecule has 1 aromatic rings. The predicted octanol–water partition coefficient (Wildman–Crippen LogP) is 1.88. The van der Waals surface area contributed by atoms with Crippen molar-refractivity contribution in [1.29, 1.82) is 5.26 Å². The van der Waals surface area contributed by atoms with E-state index in [-0.39, 0.29) is 0 Å². The molecule has 0 saturated heterocycles. The summed E-state index contributed by atoms with van der Waals surface area (Å²) in [5.74, 6) is 0. The molecule has 15 heavy (non-hydrogen) atoms. The Hall–Kier alpha value is -1.83. The number of hydrogen-bond donors (Lipinski definition) is 0. The van der Waals surface area contributed by atoms with Gasteiger partial charge in [0.15, 0.2) is 0 Å². The first kappa shape index (κ1) is 13.2. The maximum Gasteiger partial charge on any atom is 0.559 e. The molecule has 1 nitrogen and oxygen atoms in total. The number of alkyl halides is 4. The summed E-state index contributed by atoms with van der Waals surface area (Å²) in [4.78, 5) is 0. The third kappa shape index (κ3) is 10.1. The van der Waals surface area contributed by atoms with E-state index >= 15 is 0 Å². The van der Waals surface area contributed by atoms with Crippen molar-refractivity contribution in [2.75, 3.05) is 0 Å². The zero-order valence-corrected chi connectivity index (χ0v) is 7.55. The molecule has 0 fully saturated rings. The molecule has 0 radical (unpaired) electrons. The van der Waals surface area contributed by atoms with E-state index in [0.717, 1.165) is 10.4 Å². The average molecular weight is 217 g/mol. The standard InChI is InChI=1S/C9H7N.CF4/c1-8-2-4-9(5-3-8)6-7-10;2-1(3,4)5/h2-6H,1H2;. The molecule has 0 N–H and O–H groups in total. The van der Waals surface area contributed by atoms with Gasteiger partial charge < -0.3 is 0 Å². The Morgan fingerprint density at radius 2 is 1.53 bits per heavy atom. The lowest BCUT2D eigenvalue weighted by molar-refractivity contribution is -0.237. The number of nitrogens with zero attached hydrogens (tertiary/aromatic N) is 1. The first-order chi connectivity index (χ1) is 6.83. The molecule has 0 saturated carbocycles. The number of rotatable bonds is 0. The maximum absolute atomic E-state index is 9.69. The van der Waals surface area contributed by atoms with E-state index in [1.807, 2.05) is 30.3 Å². The monoisotopic (exact) mass is 217 g/mol. The predicted molar refractivity (Wildman–Crippen MR) is 48.5 cm³/mol. The van der Waals surface area contributed by atoms with Gasteiger partial charge in [0, 0.05) is 6.08 Å². The van der Waals surface area contributed by atoms with Gasteiger partial charge in [-0.3, -0.25) is 0 Å². The summed E-state index contributed by atoms with van der Waals surface area (Å²) in [7, 11) is 0. The van der Waals surface area contributed by atoms with Crippen molar-refractivity contribution < 1.29 is 17.6 Å². The Morgan fingerprint density at radius 1 is 1.13 bits per heavy atom. The Labute approximate surface area is 83.6 Å². The van der Waals surface area contributed by atoms with E-state index in [9.17, 15) is 17.6 Å². The molecule has 80 valence electrons. The number of nitriles is 1. The van der Waals surface area contributed by atoms with Crippen LogP contribution in [0.2, 0.25) is 0 Å². The van der Waals surface area contributed by atoms with E-state index in [1.165, 1.54) is 6.08 Å². The second-order valence-electron chi connectivity index (χ2n) is 2.44. The average Bonchev–Trinajstić information content (AvgIpc) is 2.06. The molecule has 0 spiro atoms. The van der Waals surface area contributed by atoms with Gasteiger partial charge in [0.1, 0.15) is 0 Å². The van der Waals surface area contributed by atoms with Crippen molar-refractivity contribution >= 4 is 12.7 Å². The SMILES string of the molecule is C=c1ccc(=CC#N)cc1.FC(F)(F)F. The van der Waals surface area contributed by atoms with E-state index < -0.39 is 6.43 Å². The van der Waals surface area contributed by atoms with Gasteiger partial charge >= 0.3 is 6.43 Å². The van der Waals surface area contributed by atoms with Crippen molar-refractivity contribution in [3.05, 3.63) is 34.7 Å². The number of hydrogen-bond acceptors (Lipinski definition) is 1. The van der Waals surface area contributed by atoms with Crippen LogP contribution in [0.3, 0.4) is 0 Å². The fourth-order valence-corrected chi connectivity index (χ4v) is 0.688. The molecule has 0 amide bonds. The summed E-state index contributed by atoms with van der Waals surface area (Å²) in [6.07, 6.45) is -4.00. The first-order valence-corrected chi connectivity index (χ1v) is 3.73. The summed E-state index contributed by atoms with van der Waals surface area (Å²) in [6.45, 7) is 3.72. The normalized spacial score (nSPS) is 9.53. The van der Waals surface area contributed by atoms with Gasteiger partial charge in [-0.2, -0.15) is 5.26 Å². The lowest BCUT2D eigenvalue weighted by atomic mass is 10.2. The molecule has 5 heteroatoms. The second-order valence-corrected chi connectivity index (χ2v) is 2.44. The highest BCUT2D eigenvalue weighted by molar-refractivity contribution is 5.39.